The highest BCUT2D eigenvalue weighted by molar-refractivity contribution is 7.15. The molecule has 2 aliphatic rings. The van der Waals surface area contributed by atoms with Gasteiger partial charge >= 0.3 is 0 Å². The molecule has 0 N–H and O–H groups in total. The molecule has 0 radical (unpaired) electrons. The summed E-state index contributed by atoms with van der Waals surface area (Å²) >= 11 is 1.36. The SMILES string of the molecule is COc1nc(C)c(C(=O)N2CCCN(CC3CC3)[C@H](C(C)C)C2)s1. The van der Waals surface area contributed by atoms with Crippen LogP contribution in [-0.2, 0) is 0 Å². The Kier molecular flexibility index (Phi) is 5.45. The number of amides is 1. The van der Waals surface area contributed by atoms with Gasteiger partial charge in [0.25, 0.3) is 11.1 Å². The quantitative estimate of drug-likeness (QED) is 0.818. The lowest BCUT2D eigenvalue weighted by Gasteiger charge is -2.34. The van der Waals surface area contributed by atoms with Gasteiger partial charge in [0.05, 0.1) is 12.8 Å². The smallest absolute Gasteiger partial charge is 0.273 e. The molecule has 1 aliphatic heterocycles. The molecule has 3 rings (SSSR count). The fourth-order valence-corrected chi connectivity index (χ4v) is 4.39. The number of carbonyl (C=O) groups is 1. The molecular formula is C18H29N3O2S. The van der Waals surface area contributed by atoms with Crippen molar-refractivity contribution in [3.05, 3.63) is 10.6 Å². The highest BCUT2D eigenvalue weighted by Gasteiger charge is 2.34. The Hall–Kier alpha value is -1.14. The Morgan fingerprint density at radius 2 is 2.12 bits per heavy atom. The van der Waals surface area contributed by atoms with Crippen LogP contribution >= 0.6 is 11.3 Å². The van der Waals surface area contributed by atoms with Crippen LogP contribution in [0.1, 0.15) is 48.5 Å². The van der Waals surface area contributed by atoms with Gasteiger partial charge in [0.1, 0.15) is 4.88 Å². The van der Waals surface area contributed by atoms with Crippen LogP contribution in [0.15, 0.2) is 0 Å². The average molecular weight is 352 g/mol. The molecule has 1 aromatic heterocycles. The summed E-state index contributed by atoms with van der Waals surface area (Å²) in [5, 5.41) is 0.571. The number of hydrogen-bond acceptors (Lipinski definition) is 5. The average Bonchev–Trinajstić information content (AvgIpc) is 3.32. The minimum Gasteiger partial charge on any atom is -0.473 e. The van der Waals surface area contributed by atoms with Gasteiger partial charge < -0.3 is 9.64 Å². The van der Waals surface area contributed by atoms with E-state index >= 15 is 0 Å². The second kappa shape index (κ2) is 7.40. The third kappa shape index (κ3) is 3.91. The molecule has 2 heterocycles. The van der Waals surface area contributed by atoms with E-state index in [0.717, 1.165) is 42.5 Å². The number of nitrogens with zero attached hydrogens (tertiary/aromatic N) is 3. The highest BCUT2D eigenvalue weighted by Crippen LogP contribution is 2.32. The van der Waals surface area contributed by atoms with E-state index in [1.807, 2.05) is 11.8 Å². The van der Waals surface area contributed by atoms with Gasteiger partial charge in [0, 0.05) is 32.2 Å². The third-order valence-electron chi connectivity index (χ3n) is 5.14. The van der Waals surface area contributed by atoms with E-state index in [1.54, 1.807) is 7.11 Å². The molecule has 1 aromatic rings. The molecule has 24 heavy (non-hydrogen) atoms. The highest BCUT2D eigenvalue weighted by atomic mass is 32.1. The van der Waals surface area contributed by atoms with Crippen LogP contribution in [0, 0.1) is 18.8 Å². The van der Waals surface area contributed by atoms with E-state index in [4.69, 9.17) is 4.74 Å². The predicted molar refractivity (Wildman–Crippen MR) is 96.8 cm³/mol. The van der Waals surface area contributed by atoms with Gasteiger partial charge in [-0.2, -0.15) is 0 Å². The lowest BCUT2D eigenvalue weighted by molar-refractivity contribution is 0.0708. The summed E-state index contributed by atoms with van der Waals surface area (Å²) in [6.07, 6.45) is 3.81. The monoisotopic (exact) mass is 351 g/mol. The summed E-state index contributed by atoms with van der Waals surface area (Å²) in [6, 6.07) is 0.451. The summed E-state index contributed by atoms with van der Waals surface area (Å²) in [6.45, 7) is 10.4. The van der Waals surface area contributed by atoms with Crippen LogP contribution in [0.25, 0.3) is 0 Å². The van der Waals surface area contributed by atoms with Crippen LogP contribution in [0.5, 0.6) is 5.19 Å². The predicted octanol–water partition coefficient (Wildman–Crippen LogP) is 3.04. The molecule has 5 nitrogen and oxygen atoms in total. The number of aromatic nitrogens is 1. The van der Waals surface area contributed by atoms with Gasteiger partial charge in [0.15, 0.2) is 0 Å². The Morgan fingerprint density at radius 1 is 1.38 bits per heavy atom. The van der Waals surface area contributed by atoms with Crippen molar-refractivity contribution in [2.24, 2.45) is 11.8 Å². The second-order valence-electron chi connectivity index (χ2n) is 7.45. The van der Waals surface area contributed by atoms with Crippen molar-refractivity contribution in [2.75, 3.05) is 33.3 Å². The molecule has 1 saturated carbocycles. The zero-order chi connectivity index (χ0) is 17.3. The molecule has 0 spiro atoms. The van der Waals surface area contributed by atoms with E-state index in [-0.39, 0.29) is 5.91 Å². The van der Waals surface area contributed by atoms with Gasteiger partial charge in [-0.05, 0) is 38.0 Å². The number of hydrogen-bond donors (Lipinski definition) is 0. The first-order valence-electron chi connectivity index (χ1n) is 9.04. The summed E-state index contributed by atoms with van der Waals surface area (Å²) in [5.74, 6) is 1.56. The Bertz CT molecular complexity index is 583. The van der Waals surface area contributed by atoms with E-state index in [0.29, 0.717) is 17.2 Å². The van der Waals surface area contributed by atoms with Crippen LogP contribution in [0.3, 0.4) is 0 Å². The number of aryl methyl sites for hydroxylation is 1. The molecular weight excluding hydrogens is 322 g/mol. The topological polar surface area (TPSA) is 45.7 Å². The van der Waals surface area contributed by atoms with Crippen molar-refractivity contribution in [3.63, 3.8) is 0 Å². The largest absolute Gasteiger partial charge is 0.473 e. The fraction of sp³-hybridized carbons (Fsp3) is 0.778. The maximum Gasteiger partial charge on any atom is 0.273 e. The molecule has 0 bridgehead atoms. The van der Waals surface area contributed by atoms with Crippen LogP contribution in [0.2, 0.25) is 0 Å². The van der Waals surface area contributed by atoms with Gasteiger partial charge in [-0.25, -0.2) is 4.98 Å². The molecule has 134 valence electrons. The van der Waals surface area contributed by atoms with Crippen molar-refractivity contribution < 1.29 is 9.53 Å². The normalized spacial score (nSPS) is 22.7. The van der Waals surface area contributed by atoms with E-state index in [1.165, 1.54) is 30.7 Å². The van der Waals surface area contributed by atoms with E-state index in [2.05, 4.69) is 23.7 Å². The molecule has 0 unspecified atom stereocenters. The summed E-state index contributed by atoms with van der Waals surface area (Å²) < 4.78 is 5.19. The maximum absolute atomic E-state index is 13.0. The fourth-order valence-electron chi connectivity index (χ4n) is 3.54. The molecule has 1 saturated heterocycles. The summed E-state index contributed by atoms with van der Waals surface area (Å²) in [5.41, 5.74) is 0.780. The lowest BCUT2D eigenvalue weighted by Crippen LogP contribution is -2.46. The maximum atomic E-state index is 13.0. The van der Waals surface area contributed by atoms with Gasteiger partial charge in [-0.1, -0.05) is 25.2 Å². The number of ether oxygens (including phenoxy) is 1. The molecule has 6 heteroatoms. The summed E-state index contributed by atoms with van der Waals surface area (Å²) in [4.78, 5) is 22.8. The standard InChI is InChI=1S/C18H29N3O2S/c1-12(2)15-11-21(9-5-8-20(15)10-14-6-7-14)17(22)16-13(3)19-18(23-4)24-16/h12,14-15H,5-11H2,1-4H3/t15-/m0/s1. The lowest BCUT2D eigenvalue weighted by atomic mass is 10.0. The van der Waals surface area contributed by atoms with E-state index < -0.39 is 0 Å². The number of thiazole rings is 1. The Labute approximate surface area is 149 Å². The van der Waals surface area contributed by atoms with Crippen molar-refractivity contribution in [1.82, 2.24) is 14.8 Å². The van der Waals surface area contributed by atoms with Crippen LogP contribution < -0.4 is 4.74 Å². The van der Waals surface area contributed by atoms with Gasteiger partial charge in [-0.3, -0.25) is 9.69 Å². The van der Waals surface area contributed by atoms with Crippen molar-refractivity contribution in [2.45, 2.75) is 46.1 Å². The molecule has 1 aliphatic carbocycles. The zero-order valence-electron chi connectivity index (χ0n) is 15.2. The first kappa shape index (κ1) is 17.7. The number of carbonyl (C=O) groups excluding carboxylic acids is 1. The van der Waals surface area contributed by atoms with Crippen LogP contribution in [-0.4, -0.2) is 60.0 Å². The van der Waals surface area contributed by atoms with Crippen LogP contribution in [0.4, 0.5) is 0 Å². The molecule has 0 aromatic carbocycles. The van der Waals surface area contributed by atoms with Crippen molar-refractivity contribution in [3.8, 4) is 5.19 Å². The number of rotatable bonds is 5. The zero-order valence-corrected chi connectivity index (χ0v) is 16.1. The van der Waals surface area contributed by atoms with Crippen molar-refractivity contribution in [1.29, 1.82) is 0 Å². The molecule has 1 atom stereocenters. The minimum atomic E-state index is 0.118. The Morgan fingerprint density at radius 3 is 2.71 bits per heavy atom. The third-order valence-corrected chi connectivity index (χ3v) is 6.25. The first-order chi connectivity index (χ1) is 11.5. The second-order valence-corrected chi connectivity index (χ2v) is 8.41. The number of methoxy groups -OCH3 is 1. The first-order valence-corrected chi connectivity index (χ1v) is 9.86. The summed E-state index contributed by atoms with van der Waals surface area (Å²) in [7, 11) is 1.60. The molecule has 2 fully saturated rings. The van der Waals surface area contributed by atoms with Crippen molar-refractivity contribution >= 4 is 17.2 Å². The van der Waals surface area contributed by atoms with E-state index in [9.17, 15) is 4.79 Å². The minimum absolute atomic E-state index is 0.118. The van der Waals surface area contributed by atoms with Gasteiger partial charge in [0.2, 0.25) is 0 Å². The molecule has 1 amide bonds. The Balaban J connectivity index is 1.74. The van der Waals surface area contributed by atoms with Gasteiger partial charge in [-0.15, -0.1) is 0 Å².